The summed E-state index contributed by atoms with van der Waals surface area (Å²) in [5.74, 6) is 0. The first-order chi connectivity index (χ1) is 9.07. The van der Waals surface area contributed by atoms with Gasteiger partial charge in [0.25, 0.3) is 10.0 Å². The van der Waals surface area contributed by atoms with E-state index in [1.807, 2.05) is 0 Å². The molecule has 3 rings (SSSR count). The van der Waals surface area contributed by atoms with Crippen molar-refractivity contribution in [3.05, 3.63) is 15.9 Å². The van der Waals surface area contributed by atoms with E-state index in [-0.39, 0.29) is 0 Å². The summed E-state index contributed by atoms with van der Waals surface area (Å²) in [4.78, 5) is 2.44. The fourth-order valence-electron chi connectivity index (χ4n) is 2.95. The van der Waals surface area contributed by atoms with E-state index in [1.54, 1.807) is 16.4 Å². The third-order valence-corrected chi connectivity index (χ3v) is 7.87. The SMILES string of the molecule is O=S(=O)(c1ccc(Br)s1)N1CCCN2CCCC2C1. The minimum absolute atomic E-state index is 0.417. The summed E-state index contributed by atoms with van der Waals surface area (Å²) in [6.45, 7) is 3.45. The van der Waals surface area contributed by atoms with Crippen molar-refractivity contribution in [3.63, 3.8) is 0 Å². The minimum atomic E-state index is -3.31. The molecular weight excluding hydrogens is 348 g/mol. The van der Waals surface area contributed by atoms with E-state index in [2.05, 4.69) is 20.8 Å². The summed E-state index contributed by atoms with van der Waals surface area (Å²) in [5.41, 5.74) is 0. The molecule has 2 saturated heterocycles. The van der Waals surface area contributed by atoms with Crippen molar-refractivity contribution in [2.75, 3.05) is 26.2 Å². The van der Waals surface area contributed by atoms with Gasteiger partial charge in [-0.05, 0) is 60.4 Å². The maximum absolute atomic E-state index is 12.6. The lowest BCUT2D eigenvalue weighted by molar-refractivity contribution is 0.257. The Labute approximate surface area is 126 Å². The van der Waals surface area contributed by atoms with Gasteiger partial charge in [0.1, 0.15) is 4.21 Å². The smallest absolute Gasteiger partial charge is 0.252 e. The quantitative estimate of drug-likeness (QED) is 0.808. The second kappa shape index (κ2) is 5.44. The molecule has 0 N–H and O–H groups in total. The molecule has 1 aromatic rings. The standard InChI is InChI=1S/C12H17BrN2O2S2/c13-11-4-5-12(18-11)19(16,17)15-8-2-7-14-6-1-3-10(14)9-15/h4-5,10H,1-3,6-9H2. The molecule has 1 aromatic heterocycles. The second-order valence-electron chi connectivity index (χ2n) is 5.11. The van der Waals surface area contributed by atoms with E-state index in [1.165, 1.54) is 17.8 Å². The van der Waals surface area contributed by atoms with Gasteiger partial charge in [0.15, 0.2) is 0 Å². The lowest BCUT2D eigenvalue weighted by atomic mass is 10.2. The lowest BCUT2D eigenvalue weighted by Gasteiger charge is -2.24. The van der Waals surface area contributed by atoms with Gasteiger partial charge in [0.05, 0.1) is 3.79 Å². The summed E-state index contributed by atoms with van der Waals surface area (Å²) in [5, 5.41) is 0. The zero-order chi connectivity index (χ0) is 13.5. The van der Waals surface area contributed by atoms with Gasteiger partial charge < -0.3 is 0 Å². The number of nitrogens with zero attached hydrogens (tertiary/aromatic N) is 2. The summed E-state index contributed by atoms with van der Waals surface area (Å²) in [6, 6.07) is 3.92. The van der Waals surface area contributed by atoms with Crippen LogP contribution in [-0.2, 0) is 10.0 Å². The zero-order valence-electron chi connectivity index (χ0n) is 10.6. The zero-order valence-corrected chi connectivity index (χ0v) is 13.8. The van der Waals surface area contributed by atoms with E-state index in [4.69, 9.17) is 0 Å². The molecule has 3 heterocycles. The molecule has 106 valence electrons. The van der Waals surface area contributed by atoms with Crippen molar-refractivity contribution in [2.45, 2.75) is 29.5 Å². The Bertz CT molecular complexity index is 558. The Morgan fingerprint density at radius 1 is 1.21 bits per heavy atom. The van der Waals surface area contributed by atoms with Gasteiger partial charge in [-0.3, -0.25) is 4.90 Å². The number of sulfonamides is 1. The van der Waals surface area contributed by atoms with Crippen LogP contribution in [0.1, 0.15) is 19.3 Å². The lowest BCUT2D eigenvalue weighted by Crippen LogP contribution is -2.39. The van der Waals surface area contributed by atoms with Crippen LogP contribution in [0.2, 0.25) is 0 Å². The number of fused-ring (bicyclic) bond motifs is 1. The molecule has 4 nitrogen and oxygen atoms in total. The highest BCUT2D eigenvalue weighted by atomic mass is 79.9. The Hall–Kier alpha value is 0.0500. The largest absolute Gasteiger partial charge is 0.299 e. The van der Waals surface area contributed by atoms with Crippen LogP contribution in [0, 0.1) is 0 Å². The number of hydrogen-bond donors (Lipinski definition) is 0. The van der Waals surface area contributed by atoms with Gasteiger partial charge in [0.2, 0.25) is 0 Å². The third kappa shape index (κ3) is 2.76. The first-order valence-electron chi connectivity index (χ1n) is 6.57. The summed E-state index contributed by atoms with van der Waals surface area (Å²) in [7, 11) is -3.31. The Balaban J connectivity index is 1.84. The van der Waals surface area contributed by atoms with E-state index >= 15 is 0 Å². The normalized spacial score (nSPS) is 26.3. The number of hydrogen-bond acceptors (Lipinski definition) is 4. The van der Waals surface area contributed by atoms with Crippen LogP contribution in [0.25, 0.3) is 0 Å². The molecule has 19 heavy (non-hydrogen) atoms. The maximum atomic E-state index is 12.6. The number of halogens is 1. The van der Waals surface area contributed by atoms with Crippen molar-refractivity contribution in [1.29, 1.82) is 0 Å². The highest BCUT2D eigenvalue weighted by Gasteiger charge is 2.34. The van der Waals surface area contributed by atoms with Crippen LogP contribution >= 0.6 is 27.3 Å². The van der Waals surface area contributed by atoms with E-state index in [0.717, 1.165) is 29.7 Å². The third-order valence-electron chi connectivity index (χ3n) is 3.91. The van der Waals surface area contributed by atoms with Crippen LogP contribution < -0.4 is 0 Å². The van der Waals surface area contributed by atoms with Crippen LogP contribution in [-0.4, -0.2) is 49.8 Å². The van der Waals surface area contributed by atoms with E-state index in [9.17, 15) is 8.42 Å². The molecule has 0 bridgehead atoms. The van der Waals surface area contributed by atoms with Crippen molar-refractivity contribution >= 4 is 37.3 Å². The first kappa shape index (κ1) is 14.0. The Morgan fingerprint density at radius 2 is 2.00 bits per heavy atom. The Morgan fingerprint density at radius 3 is 2.74 bits per heavy atom. The van der Waals surface area contributed by atoms with Crippen molar-refractivity contribution < 1.29 is 8.42 Å². The maximum Gasteiger partial charge on any atom is 0.252 e. The fraction of sp³-hybridized carbons (Fsp3) is 0.667. The monoisotopic (exact) mass is 364 g/mol. The van der Waals surface area contributed by atoms with Crippen LogP contribution in [0.5, 0.6) is 0 Å². The van der Waals surface area contributed by atoms with E-state index < -0.39 is 10.0 Å². The molecule has 0 saturated carbocycles. The number of rotatable bonds is 2. The van der Waals surface area contributed by atoms with Gasteiger partial charge in [-0.2, -0.15) is 4.31 Å². The predicted molar refractivity (Wildman–Crippen MR) is 80.0 cm³/mol. The molecule has 7 heteroatoms. The van der Waals surface area contributed by atoms with Gasteiger partial charge in [-0.15, -0.1) is 11.3 Å². The summed E-state index contributed by atoms with van der Waals surface area (Å²) in [6.07, 6.45) is 3.26. The molecule has 2 aliphatic heterocycles. The van der Waals surface area contributed by atoms with Gasteiger partial charge in [-0.25, -0.2) is 8.42 Å². The van der Waals surface area contributed by atoms with Crippen molar-refractivity contribution in [2.24, 2.45) is 0 Å². The molecular formula is C12H17BrN2O2S2. The average Bonchev–Trinajstić information content (AvgIpc) is 2.94. The molecule has 1 atom stereocenters. The highest BCUT2D eigenvalue weighted by Crippen LogP contribution is 2.30. The second-order valence-corrected chi connectivity index (χ2v) is 9.73. The topological polar surface area (TPSA) is 40.6 Å². The van der Waals surface area contributed by atoms with Crippen LogP contribution in [0.15, 0.2) is 20.1 Å². The molecule has 0 aliphatic carbocycles. The minimum Gasteiger partial charge on any atom is -0.299 e. The van der Waals surface area contributed by atoms with Crippen molar-refractivity contribution in [3.8, 4) is 0 Å². The van der Waals surface area contributed by atoms with Crippen molar-refractivity contribution in [1.82, 2.24) is 9.21 Å². The van der Waals surface area contributed by atoms with Crippen LogP contribution in [0.3, 0.4) is 0 Å². The number of thiophene rings is 1. The molecule has 0 aromatic carbocycles. The molecule has 0 radical (unpaired) electrons. The molecule has 2 fully saturated rings. The molecule has 1 unspecified atom stereocenters. The summed E-state index contributed by atoms with van der Waals surface area (Å²) >= 11 is 4.63. The molecule has 2 aliphatic rings. The Kier molecular flexibility index (Phi) is 4.01. The first-order valence-corrected chi connectivity index (χ1v) is 9.62. The van der Waals surface area contributed by atoms with Crippen LogP contribution in [0.4, 0.5) is 0 Å². The highest BCUT2D eigenvalue weighted by molar-refractivity contribution is 9.11. The predicted octanol–water partition coefficient (Wildman–Crippen LogP) is 2.37. The fourth-order valence-corrected chi connectivity index (χ4v) is 6.63. The van der Waals surface area contributed by atoms with Gasteiger partial charge in [0, 0.05) is 19.1 Å². The van der Waals surface area contributed by atoms with Gasteiger partial charge in [-0.1, -0.05) is 0 Å². The molecule has 0 amide bonds. The molecule has 0 spiro atoms. The summed E-state index contributed by atoms with van der Waals surface area (Å²) < 4.78 is 28.3. The van der Waals surface area contributed by atoms with Gasteiger partial charge >= 0.3 is 0 Å². The van der Waals surface area contributed by atoms with E-state index in [0.29, 0.717) is 23.3 Å². The average molecular weight is 365 g/mol.